The van der Waals surface area contributed by atoms with Crippen molar-refractivity contribution in [3.63, 3.8) is 0 Å². The van der Waals surface area contributed by atoms with Crippen LogP contribution in [-0.2, 0) is 5.75 Å². The summed E-state index contributed by atoms with van der Waals surface area (Å²) < 4.78 is 0. The van der Waals surface area contributed by atoms with Crippen molar-refractivity contribution in [2.75, 3.05) is 0 Å². The van der Waals surface area contributed by atoms with Crippen LogP contribution in [0.5, 0.6) is 0 Å². The zero-order chi connectivity index (χ0) is 18.3. The standard InChI is InChI=1S/C21H16N4S2/c1-2-6-16(7-3-1)15-26-21-20(24-13-17-8-4-10-22-12-17)27-19(25-21)18-9-5-11-23-14-18/h1-14H,15H2/b24-13+. The van der Waals surface area contributed by atoms with E-state index < -0.39 is 0 Å². The molecule has 0 aliphatic rings. The molecule has 6 heteroatoms. The Labute approximate surface area is 166 Å². The van der Waals surface area contributed by atoms with Gasteiger partial charge in [-0.1, -0.05) is 59.5 Å². The Morgan fingerprint density at radius 3 is 2.48 bits per heavy atom. The molecule has 3 heterocycles. The molecular weight excluding hydrogens is 372 g/mol. The number of thiazole rings is 1. The van der Waals surface area contributed by atoms with E-state index in [-0.39, 0.29) is 0 Å². The number of pyridine rings is 2. The van der Waals surface area contributed by atoms with Crippen molar-refractivity contribution in [2.24, 2.45) is 4.99 Å². The number of rotatable bonds is 6. The Hall–Kier alpha value is -2.83. The first kappa shape index (κ1) is 17.6. The molecule has 0 bridgehead atoms. The summed E-state index contributed by atoms with van der Waals surface area (Å²) in [7, 11) is 0. The summed E-state index contributed by atoms with van der Waals surface area (Å²) in [6.45, 7) is 0. The minimum absolute atomic E-state index is 0.854. The van der Waals surface area contributed by atoms with Crippen molar-refractivity contribution in [1.29, 1.82) is 0 Å². The van der Waals surface area contributed by atoms with Crippen LogP contribution in [-0.4, -0.2) is 21.2 Å². The van der Waals surface area contributed by atoms with E-state index >= 15 is 0 Å². The highest BCUT2D eigenvalue weighted by Gasteiger charge is 2.13. The van der Waals surface area contributed by atoms with E-state index in [0.717, 1.165) is 31.9 Å². The monoisotopic (exact) mass is 388 g/mol. The maximum absolute atomic E-state index is 4.82. The van der Waals surface area contributed by atoms with Gasteiger partial charge in [-0.15, -0.1) is 0 Å². The van der Waals surface area contributed by atoms with E-state index in [1.54, 1.807) is 41.7 Å². The van der Waals surface area contributed by atoms with Crippen molar-refractivity contribution in [3.8, 4) is 10.6 Å². The van der Waals surface area contributed by atoms with Crippen LogP contribution in [0, 0.1) is 0 Å². The van der Waals surface area contributed by atoms with Crippen LogP contribution in [0.15, 0.2) is 89.4 Å². The third kappa shape index (κ3) is 4.67. The maximum Gasteiger partial charge on any atom is 0.150 e. The van der Waals surface area contributed by atoms with Gasteiger partial charge >= 0.3 is 0 Å². The number of aromatic nitrogens is 3. The fraction of sp³-hybridized carbons (Fsp3) is 0.0476. The Morgan fingerprint density at radius 2 is 1.74 bits per heavy atom. The molecule has 0 aliphatic carbocycles. The molecule has 0 atom stereocenters. The Balaban J connectivity index is 1.62. The Morgan fingerprint density at radius 1 is 0.926 bits per heavy atom. The smallest absolute Gasteiger partial charge is 0.150 e. The molecule has 1 aromatic carbocycles. The van der Waals surface area contributed by atoms with Crippen LogP contribution in [0.4, 0.5) is 5.00 Å². The molecule has 0 amide bonds. The summed E-state index contributed by atoms with van der Waals surface area (Å²) >= 11 is 3.28. The third-order valence-electron chi connectivity index (χ3n) is 3.72. The first-order valence-electron chi connectivity index (χ1n) is 8.40. The SMILES string of the molecule is C(=N\c1sc(-c2cccnc2)nc1SCc1ccccc1)/c1cccnc1. The van der Waals surface area contributed by atoms with Gasteiger partial charge in [-0.05, 0) is 23.8 Å². The maximum atomic E-state index is 4.82. The summed E-state index contributed by atoms with van der Waals surface area (Å²) in [5.41, 5.74) is 3.24. The quantitative estimate of drug-likeness (QED) is 0.317. The van der Waals surface area contributed by atoms with Gasteiger partial charge in [-0.3, -0.25) is 9.97 Å². The average molecular weight is 389 g/mol. The molecule has 0 N–H and O–H groups in total. The Bertz CT molecular complexity index is 1020. The first-order chi connectivity index (χ1) is 13.4. The van der Waals surface area contributed by atoms with Gasteiger partial charge in [0.25, 0.3) is 0 Å². The molecule has 3 aromatic heterocycles. The van der Waals surface area contributed by atoms with Crippen LogP contribution < -0.4 is 0 Å². The van der Waals surface area contributed by atoms with E-state index in [1.807, 2.05) is 42.7 Å². The molecule has 0 saturated carbocycles. The molecule has 132 valence electrons. The molecular formula is C21H16N4S2. The molecule has 4 aromatic rings. The molecule has 27 heavy (non-hydrogen) atoms. The van der Waals surface area contributed by atoms with Gasteiger partial charge in [0.05, 0.1) is 0 Å². The van der Waals surface area contributed by atoms with Crippen LogP contribution in [0.25, 0.3) is 10.6 Å². The lowest BCUT2D eigenvalue weighted by Gasteiger charge is -2.00. The Kier molecular flexibility index (Phi) is 5.67. The zero-order valence-corrected chi connectivity index (χ0v) is 16.0. The summed E-state index contributed by atoms with van der Waals surface area (Å²) in [6, 6.07) is 18.2. The highest BCUT2D eigenvalue weighted by atomic mass is 32.2. The summed E-state index contributed by atoms with van der Waals surface area (Å²) in [5, 5.41) is 2.76. The second-order valence-corrected chi connectivity index (χ2v) is 7.63. The van der Waals surface area contributed by atoms with Crippen molar-refractivity contribution in [3.05, 3.63) is 90.5 Å². The van der Waals surface area contributed by atoms with Gasteiger partial charge in [0.2, 0.25) is 0 Å². The van der Waals surface area contributed by atoms with E-state index in [2.05, 4.69) is 39.2 Å². The summed E-state index contributed by atoms with van der Waals surface area (Å²) in [4.78, 5) is 17.8. The second kappa shape index (κ2) is 8.70. The van der Waals surface area contributed by atoms with Crippen molar-refractivity contribution >= 4 is 34.3 Å². The molecule has 0 spiro atoms. The van der Waals surface area contributed by atoms with E-state index in [1.165, 1.54) is 5.56 Å². The molecule has 0 unspecified atom stereocenters. The van der Waals surface area contributed by atoms with Gasteiger partial charge in [0.15, 0.2) is 0 Å². The number of nitrogens with zero attached hydrogens (tertiary/aromatic N) is 4. The fourth-order valence-corrected chi connectivity index (χ4v) is 4.38. The highest BCUT2D eigenvalue weighted by molar-refractivity contribution is 7.98. The number of thioether (sulfide) groups is 1. The minimum Gasteiger partial charge on any atom is -0.264 e. The number of aliphatic imine (C=N–C) groups is 1. The van der Waals surface area contributed by atoms with Gasteiger partial charge in [-0.25, -0.2) is 9.98 Å². The summed E-state index contributed by atoms with van der Waals surface area (Å²) in [6.07, 6.45) is 8.98. The third-order valence-corrected chi connectivity index (χ3v) is 5.90. The van der Waals surface area contributed by atoms with Gasteiger partial charge in [0, 0.05) is 47.9 Å². The molecule has 0 aliphatic heterocycles. The van der Waals surface area contributed by atoms with Crippen LogP contribution in [0.1, 0.15) is 11.1 Å². The first-order valence-corrected chi connectivity index (χ1v) is 10.2. The largest absolute Gasteiger partial charge is 0.264 e. The van der Waals surface area contributed by atoms with Crippen molar-refractivity contribution in [2.45, 2.75) is 10.8 Å². The number of hydrogen-bond donors (Lipinski definition) is 0. The van der Waals surface area contributed by atoms with Crippen LogP contribution in [0.3, 0.4) is 0 Å². The second-order valence-electron chi connectivity index (χ2n) is 5.69. The van der Waals surface area contributed by atoms with Gasteiger partial charge in [-0.2, -0.15) is 0 Å². The van der Waals surface area contributed by atoms with Crippen LogP contribution in [0.2, 0.25) is 0 Å². The normalized spacial score (nSPS) is 11.1. The molecule has 0 saturated heterocycles. The van der Waals surface area contributed by atoms with Crippen molar-refractivity contribution < 1.29 is 0 Å². The number of benzene rings is 1. The topological polar surface area (TPSA) is 51.0 Å². The lowest BCUT2D eigenvalue weighted by atomic mass is 10.2. The van der Waals surface area contributed by atoms with E-state index in [4.69, 9.17) is 4.98 Å². The predicted octanol–water partition coefficient (Wildman–Crippen LogP) is 5.64. The fourth-order valence-electron chi connectivity index (χ4n) is 2.40. The van der Waals surface area contributed by atoms with Crippen molar-refractivity contribution in [1.82, 2.24) is 15.0 Å². The van der Waals surface area contributed by atoms with E-state index in [0.29, 0.717) is 0 Å². The van der Waals surface area contributed by atoms with Gasteiger partial charge in [0.1, 0.15) is 15.0 Å². The minimum atomic E-state index is 0.854. The lowest BCUT2D eigenvalue weighted by molar-refractivity contribution is 1.18. The highest BCUT2D eigenvalue weighted by Crippen LogP contribution is 2.40. The average Bonchev–Trinajstić information content (AvgIpc) is 3.16. The molecule has 0 radical (unpaired) electrons. The predicted molar refractivity (Wildman–Crippen MR) is 113 cm³/mol. The zero-order valence-electron chi connectivity index (χ0n) is 14.4. The lowest BCUT2D eigenvalue weighted by Crippen LogP contribution is -1.82. The summed E-state index contributed by atoms with van der Waals surface area (Å²) in [5.74, 6) is 0.854. The number of hydrogen-bond acceptors (Lipinski definition) is 6. The van der Waals surface area contributed by atoms with Crippen LogP contribution >= 0.6 is 23.1 Å². The van der Waals surface area contributed by atoms with Gasteiger partial charge < -0.3 is 0 Å². The molecule has 0 fully saturated rings. The molecule has 4 rings (SSSR count). The van der Waals surface area contributed by atoms with E-state index in [9.17, 15) is 0 Å². The molecule has 4 nitrogen and oxygen atoms in total.